The van der Waals surface area contributed by atoms with Gasteiger partial charge in [-0.15, -0.1) is 23.5 Å². The van der Waals surface area contributed by atoms with Crippen LogP contribution in [0.4, 0.5) is 0 Å². The molecule has 0 rings (SSSR count). The Morgan fingerprint density at radius 1 is 0.929 bits per heavy atom. The summed E-state index contributed by atoms with van der Waals surface area (Å²) in [6.07, 6.45) is 2.04. The van der Waals surface area contributed by atoms with E-state index in [1.54, 1.807) is 0 Å². The van der Waals surface area contributed by atoms with Crippen LogP contribution in [0, 0.1) is 0 Å². The molecule has 86 valence electrons. The van der Waals surface area contributed by atoms with Crippen molar-refractivity contribution in [2.45, 2.75) is 49.7 Å². The fraction of sp³-hybridized carbons (Fsp3) is 1.00. The maximum atomic E-state index is 12.2. The Balaban J connectivity index is 4.13. The molecule has 0 aliphatic carbocycles. The van der Waals surface area contributed by atoms with Crippen LogP contribution in [0.3, 0.4) is 0 Å². The molecule has 2 atom stereocenters. The van der Waals surface area contributed by atoms with Crippen LogP contribution in [0.2, 0.25) is 0 Å². The van der Waals surface area contributed by atoms with Gasteiger partial charge in [0, 0.05) is 12.8 Å². The van der Waals surface area contributed by atoms with Crippen molar-refractivity contribution >= 4 is 34.7 Å². The van der Waals surface area contributed by atoms with Gasteiger partial charge in [0.1, 0.15) is 0 Å². The van der Waals surface area contributed by atoms with Gasteiger partial charge in [-0.25, -0.2) is 0 Å². The quantitative estimate of drug-likeness (QED) is 0.617. The molecule has 0 saturated heterocycles. The van der Waals surface area contributed by atoms with Gasteiger partial charge < -0.3 is 4.55 Å². The van der Waals surface area contributed by atoms with E-state index < -0.39 is 11.2 Å². The molecule has 4 heteroatoms. The van der Waals surface area contributed by atoms with E-state index in [1.807, 2.05) is 23.5 Å². The molecule has 0 aromatic heterocycles. The fourth-order valence-corrected chi connectivity index (χ4v) is 6.36. The Bertz CT molecular complexity index is 119. The molecule has 0 radical (unpaired) electrons. The molecule has 0 aliphatic heterocycles. The van der Waals surface area contributed by atoms with Crippen molar-refractivity contribution in [2.24, 2.45) is 0 Å². The van der Waals surface area contributed by atoms with Gasteiger partial charge in [0.2, 0.25) is 0 Å². The maximum Gasteiger partial charge on any atom is 0.161 e. The molecule has 0 aliphatic rings. The zero-order valence-electron chi connectivity index (χ0n) is 9.62. The SMILES string of the molecule is CCSC(CC)[S+]([O-])C(CC)SCC. The molecule has 0 N–H and O–H groups in total. The third-order valence-corrected chi connectivity index (χ3v) is 7.62. The van der Waals surface area contributed by atoms with Crippen LogP contribution in [-0.4, -0.2) is 25.2 Å². The lowest BCUT2D eigenvalue weighted by molar-refractivity contribution is 0.586. The predicted octanol–water partition coefficient (Wildman–Crippen LogP) is 3.71. The lowest BCUT2D eigenvalue weighted by Gasteiger charge is -2.25. The normalized spacial score (nSPS) is 17.8. The Morgan fingerprint density at radius 3 is 1.50 bits per heavy atom. The molecular formula is C10H22OS3. The summed E-state index contributed by atoms with van der Waals surface area (Å²) in [7, 11) is 0. The van der Waals surface area contributed by atoms with E-state index in [-0.39, 0.29) is 0 Å². The molecule has 14 heavy (non-hydrogen) atoms. The minimum Gasteiger partial charge on any atom is -0.615 e. The molecule has 0 saturated carbocycles. The van der Waals surface area contributed by atoms with Gasteiger partial charge in [0.15, 0.2) is 9.16 Å². The first kappa shape index (κ1) is 15.0. The van der Waals surface area contributed by atoms with Gasteiger partial charge in [-0.3, -0.25) is 0 Å². The molecule has 0 heterocycles. The zero-order chi connectivity index (χ0) is 11.0. The van der Waals surface area contributed by atoms with Crippen LogP contribution in [0.5, 0.6) is 0 Å². The van der Waals surface area contributed by atoms with Crippen molar-refractivity contribution in [1.82, 2.24) is 0 Å². The minimum atomic E-state index is -0.669. The molecule has 0 aromatic carbocycles. The summed E-state index contributed by atoms with van der Waals surface area (Å²) >= 11 is 3.01. The van der Waals surface area contributed by atoms with Gasteiger partial charge in [-0.05, 0) is 22.7 Å². The Hall–Kier alpha value is 1.01. The number of hydrogen-bond donors (Lipinski definition) is 0. The molecule has 0 aromatic rings. The summed E-state index contributed by atoms with van der Waals surface area (Å²) < 4.78 is 12.8. The van der Waals surface area contributed by atoms with Gasteiger partial charge in [-0.2, -0.15) is 0 Å². The van der Waals surface area contributed by atoms with Gasteiger partial charge in [-0.1, -0.05) is 27.7 Å². The maximum absolute atomic E-state index is 12.2. The van der Waals surface area contributed by atoms with Crippen molar-refractivity contribution in [3.05, 3.63) is 0 Å². The summed E-state index contributed by atoms with van der Waals surface area (Å²) in [6.45, 7) is 8.54. The monoisotopic (exact) mass is 254 g/mol. The second-order valence-electron chi connectivity index (χ2n) is 2.91. The molecular weight excluding hydrogens is 232 g/mol. The van der Waals surface area contributed by atoms with E-state index in [2.05, 4.69) is 27.7 Å². The van der Waals surface area contributed by atoms with E-state index in [9.17, 15) is 4.55 Å². The Morgan fingerprint density at radius 2 is 1.29 bits per heavy atom. The van der Waals surface area contributed by atoms with Crippen LogP contribution >= 0.6 is 23.5 Å². The average Bonchev–Trinajstić information content (AvgIpc) is 2.21. The summed E-state index contributed by atoms with van der Waals surface area (Å²) in [4.78, 5) is 0. The van der Waals surface area contributed by atoms with E-state index in [0.717, 1.165) is 24.3 Å². The van der Waals surface area contributed by atoms with E-state index in [0.29, 0.717) is 9.16 Å². The lowest BCUT2D eigenvalue weighted by atomic mass is 10.6. The number of thioether (sulfide) groups is 2. The van der Waals surface area contributed by atoms with Crippen LogP contribution in [-0.2, 0) is 11.2 Å². The Labute approximate surface area is 100 Å². The van der Waals surface area contributed by atoms with E-state index in [4.69, 9.17) is 0 Å². The standard InChI is InChI=1S/C10H22OS3/c1-5-9(12-7-3)14(11)10(6-2)13-8-4/h9-10H,5-8H2,1-4H3. The van der Waals surface area contributed by atoms with Gasteiger partial charge >= 0.3 is 0 Å². The highest BCUT2D eigenvalue weighted by Crippen LogP contribution is 2.30. The van der Waals surface area contributed by atoms with Crippen LogP contribution in [0.15, 0.2) is 0 Å². The number of hydrogen-bond acceptors (Lipinski definition) is 3. The highest BCUT2D eigenvalue weighted by Gasteiger charge is 2.28. The van der Waals surface area contributed by atoms with Crippen molar-refractivity contribution in [1.29, 1.82) is 0 Å². The smallest absolute Gasteiger partial charge is 0.161 e. The lowest BCUT2D eigenvalue weighted by Crippen LogP contribution is -2.27. The third-order valence-electron chi connectivity index (χ3n) is 1.89. The van der Waals surface area contributed by atoms with Crippen molar-refractivity contribution in [2.75, 3.05) is 11.5 Å². The molecule has 0 spiro atoms. The molecule has 0 bridgehead atoms. The summed E-state index contributed by atoms with van der Waals surface area (Å²) in [5.41, 5.74) is 0. The second-order valence-corrected chi connectivity index (χ2v) is 8.27. The first-order valence-corrected chi connectivity index (χ1v) is 8.71. The van der Waals surface area contributed by atoms with E-state index >= 15 is 0 Å². The van der Waals surface area contributed by atoms with E-state index in [1.165, 1.54) is 0 Å². The summed E-state index contributed by atoms with van der Waals surface area (Å²) in [6, 6.07) is 0. The van der Waals surface area contributed by atoms with Crippen LogP contribution in [0.25, 0.3) is 0 Å². The highest BCUT2D eigenvalue weighted by molar-refractivity contribution is 8.20. The average molecular weight is 254 g/mol. The molecule has 0 fully saturated rings. The third kappa shape index (κ3) is 5.19. The second kappa shape index (κ2) is 9.25. The molecule has 0 amide bonds. The van der Waals surface area contributed by atoms with Crippen molar-refractivity contribution < 1.29 is 4.55 Å². The van der Waals surface area contributed by atoms with Crippen molar-refractivity contribution in [3.63, 3.8) is 0 Å². The highest BCUT2D eigenvalue weighted by atomic mass is 32.3. The topological polar surface area (TPSA) is 23.1 Å². The first-order chi connectivity index (χ1) is 6.71. The largest absolute Gasteiger partial charge is 0.615 e. The summed E-state index contributed by atoms with van der Waals surface area (Å²) in [5, 5.41) is 0. The van der Waals surface area contributed by atoms with Crippen LogP contribution < -0.4 is 0 Å². The van der Waals surface area contributed by atoms with Gasteiger partial charge in [0.25, 0.3) is 0 Å². The molecule has 2 unspecified atom stereocenters. The fourth-order valence-electron chi connectivity index (χ4n) is 1.24. The molecule has 1 nitrogen and oxygen atoms in total. The first-order valence-electron chi connectivity index (χ1n) is 5.33. The summed E-state index contributed by atoms with van der Waals surface area (Å²) in [5.74, 6) is 2.13. The number of rotatable bonds is 8. The Kier molecular flexibility index (Phi) is 9.92. The zero-order valence-corrected chi connectivity index (χ0v) is 12.1. The van der Waals surface area contributed by atoms with Crippen LogP contribution in [0.1, 0.15) is 40.5 Å². The van der Waals surface area contributed by atoms with Gasteiger partial charge in [0.05, 0.1) is 0 Å². The predicted molar refractivity (Wildman–Crippen MR) is 72.6 cm³/mol. The van der Waals surface area contributed by atoms with Crippen molar-refractivity contribution in [3.8, 4) is 0 Å². The minimum absolute atomic E-state index is 0.337.